The molecule has 2 rings (SSSR count). The highest BCUT2D eigenvalue weighted by Crippen LogP contribution is 2.10. The fourth-order valence-corrected chi connectivity index (χ4v) is 2.51. The zero-order valence-corrected chi connectivity index (χ0v) is 11.0. The van der Waals surface area contributed by atoms with Gasteiger partial charge in [0.15, 0.2) is 0 Å². The number of hydrogen-bond acceptors (Lipinski definition) is 3. The van der Waals surface area contributed by atoms with E-state index in [2.05, 4.69) is 28.9 Å². The molecule has 0 amide bonds. The van der Waals surface area contributed by atoms with Gasteiger partial charge in [-0.2, -0.15) is 5.10 Å². The number of hydrogen-bond donors (Lipinski definition) is 2. The summed E-state index contributed by atoms with van der Waals surface area (Å²) in [7, 11) is 2.00. The Balaban J connectivity index is 1.87. The predicted molar refractivity (Wildman–Crippen MR) is 69.9 cm³/mol. The van der Waals surface area contributed by atoms with Crippen molar-refractivity contribution < 1.29 is 0 Å². The Bertz CT molecular complexity index is 337. The maximum atomic E-state index is 4.48. The summed E-state index contributed by atoms with van der Waals surface area (Å²) in [5, 5.41) is 11.6. The lowest BCUT2D eigenvalue weighted by molar-refractivity contribution is 0.467. The Hall–Kier alpha value is -0.870. The zero-order chi connectivity index (χ0) is 12.1. The summed E-state index contributed by atoms with van der Waals surface area (Å²) in [6.07, 6.45) is 6.96. The van der Waals surface area contributed by atoms with Crippen molar-refractivity contribution in [2.75, 3.05) is 13.1 Å². The smallest absolute Gasteiger partial charge is 0.0666 e. The normalized spacial score (nSPS) is 21.4. The fraction of sp³-hybridized carbons (Fsp3) is 0.769. The minimum atomic E-state index is 0.662. The molecule has 4 nitrogen and oxygen atoms in total. The van der Waals surface area contributed by atoms with Crippen LogP contribution < -0.4 is 10.6 Å². The largest absolute Gasteiger partial charge is 0.317 e. The molecule has 1 unspecified atom stereocenters. The summed E-state index contributed by atoms with van der Waals surface area (Å²) < 4.78 is 1.92. The number of nitrogens with one attached hydrogen (secondary N) is 2. The Labute approximate surface area is 104 Å². The average molecular weight is 236 g/mol. The van der Waals surface area contributed by atoms with Gasteiger partial charge >= 0.3 is 0 Å². The summed E-state index contributed by atoms with van der Waals surface area (Å²) in [5.41, 5.74) is 2.58. The van der Waals surface area contributed by atoms with Gasteiger partial charge in [0.25, 0.3) is 0 Å². The summed E-state index contributed by atoms with van der Waals surface area (Å²) >= 11 is 0. The van der Waals surface area contributed by atoms with Gasteiger partial charge in [-0.1, -0.05) is 6.92 Å². The van der Waals surface area contributed by atoms with Crippen LogP contribution in [0, 0.1) is 0 Å². The summed E-state index contributed by atoms with van der Waals surface area (Å²) in [6.45, 7) is 5.44. The third-order valence-corrected chi connectivity index (χ3v) is 3.48. The molecule has 1 aromatic rings. The second kappa shape index (κ2) is 6.17. The van der Waals surface area contributed by atoms with E-state index in [4.69, 9.17) is 0 Å². The Morgan fingerprint density at radius 2 is 2.35 bits per heavy atom. The van der Waals surface area contributed by atoms with Gasteiger partial charge in [-0.25, -0.2) is 0 Å². The number of aromatic nitrogens is 2. The van der Waals surface area contributed by atoms with Gasteiger partial charge in [0.1, 0.15) is 0 Å². The van der Waals surface area contributed by atoms with Gasteiger partial charge in [-0.3, -0.25) is 4.68 Å². The lowest BCUT2D eigenvalue weighted by Crippen LogP contribution is -2.29. The predicted octanol–water partition coefficient (Wildman–Crippen LogP) is 1.21. The molecule has 0 radical (unpaired) electrons. The first kappa shape index (κ1) is 12.6. The molecule has 2 N–H and O–H groups in total. The van der Waals surface area contributed by atoms with E-state index in [0.29, 0.717) is 6.04 Å². The van der Waals surface area contributed by atoms with Gasteiger partial charge in [0.2, 0.25) is 0 Å². The highest BCUT2D eigenvalue weighted by Gasteiger charge is 2.12. The minimum absolute atomic E-state index is 0.662. The van der Waals surface area contributed by atoms with E-state index in [-0.39, 0.29) is 0 Å². The first-order chi connectivity index (χ1) is 8.29. The van der Waals surface area contributed by atoms with Crippen molar-refractivity contribution in [1.82, 2.24) is 20.4 Å². The molecular formula is C13H24N4. The van der Waals surface area contributed by atoms with Gasteiger partial charge in [0, 0.05) is 31.4 Å². The van der Waals surface area contributed by atoms with E-state index in [1.807, 2.05) is 11.7 Å². The molecule has 0 bridgehead atoms. The van der Waals surface area contributed by atoms with Crippen LogP contribution in [0.3, 0.4) is 0 Å². The van der Waals surface area contributed by atoms with E-state index >= 15 is 0 Å². The highest BCUT2D eigenvalue weighted by molar-refractivity contribution is 5.16. The van der Waals surface area contributed by atoms with Crippen LogP contribution in [-0.2, 0) is 20.0 Å². The first-order valence-corrected chi connectivity index (χ1v) is 6.75. The monoisotopic (exact) mass is 236 g/mol. The van der Waals surface area contributed by atoms with Crippen LogP contribution in [0.15, 0.2) is 6.20 Å². The van der Waals surface area contributed by atoms with Gasteiger partial charge in [0.05, 0.1) is 5.69 Å². The van der Waals surface area contributed by atoms with Crippen LogP contribution in [-0.4, -0.2) is 28.9 Å². The van der Waals surface area contributed by atoms with Crippen LogP contribution >= 0.6 is 0 Å². The van der Waals surface area contributed by atoms with E-state index in [1.54, 1.807) is 0 Å². The molecule has 0 saturated carbocycles. The zero-order valence-electron chi connectivity index (χ0n) is 11.0. The van der Waals surface area contributed by atoms with Crippen LogP contribution in [0.5, 0.6) is 0 Å². The summed E-state index contributed by atoms with van der Waals surface area (Å²) in [6, 6.07) is 0.662. The van der Waals surface area contributed by atoms with Crippen LogP contribution in [0.2, 0.25) is 0 Å². The van der Waals surface area contributed by atoms with E-state index < -0.39 is 0 Å². The van der Waals surface area contributed by atoms with Crippen LogP contribution in [0.25, 0.3) is 0 Å². The molecule has 1 fully saturated rings. The molecule has 1 aromatic heterocycles. The standard InChI is InChI=1S/C13H24N4/c1-3-13-11(10-17(2)16-13)9-15-12-5-4-7-14-8-6-12/h10,12,14-15H,3-9H2,1-2H3. The molecule has 17 heavy (non-hydrogen) atoms. The van der Waals surface area contributed by atoms with Crippen molar-refractivity contribution in [2.45, 2.75) is 45.2 Å². The third-order valence-electron chi connectivity index (χ3n) is 3.48. The molecule has 1 aliphatic rings. The Morgan fingerprint density at radius 3 is 3.18 bits per heavy atom. The molecular weight excluding hydrogens is 212 g/mol. The third kappa shape index (κ3) is 3.54. The van der Waals surface area contributed by atoms with E-state index in [0.717, 1.165) is 19.5 Å². The lowest BCUT2D eigenvalue weighted by Gasteiger charge is -2.15. The molecule has 0 aliphatic carbocycles. The van der Waals surface area contributed by atoms with Gasteiger partial charge < -0.3 is 10.6 Å². The average Bonchev–Trinajstić information content (AvgIpc) is 2.54. The van der Waals surface area contributed by atoms with Crippen molar-refractivity contribution in [2.24, 2.45) is 7.05 Å². The molecule has 1 aliphatic heterocycles. The van der Waals surface area contributed by atoms with Gasteiger partial charge in [-0.05, 0) is 38.8 Å². The van der Waals surface area contributed by atoms with Crippen molar-refractivity contribution >= 4 is 0 Å². The second-order valence-electron chi connectivity index (χ2n) is 4.89. The molecule has 2 heterocycles. The number of nitrogens with zero attached hydrogens (tertiary/aromatic N) is 2. The van der Waals surface area contributed by atoms with E-state index in [1.165, 1.54) is 37.1 Å². The second-order valence-corrected chi connectivity index (χ2v) is 4.89. The molecule has 1 atom stereocenters. The van der Waals surface area contributed by atoms with Crippen molar-refractivity contribution in [1.29, 1.82) is 0 Å². The SMILES string of the molecule is CCc1nn(C)cc1CNC1CCCNCC1. The number of rotatable bonds is 4. The molecule has 0 spiro atoms. The Kier molecular flexibility index (Phi) is 4.57. The minimum Gasteiger partial charge on any atom is -0.317 e. The molecule has 96 valence electrons. The van der Waals surface area contributed by atoms with Crippen molar-refractivity contribution in [3.8, 4) is 0 Å². The van der Waals surface area contributed by atoms with Gasteiger partial charge in [-0.15, -0.1) is 0 Å². The summed E-state index contributed by atoms with van der Waals surface area (Å²) in [5.74, 6) is 0. The molecule has 0 aromatic carbocycles. The maximum Gasteiger partial charge on any atom is 0.0666 e. The van der Waals surface area contributed by atoms with Crippen molar-refractivity contribution in [3.05, 3.63) is 17.5 Å². The lowest BCUT2D eigenvalue weighted by atomic mass is 10.1. The van der Waals surface area contributed by atoms with Crippen molar-refractivity contribution in [3.63, 3.8) is 0 Å². The molecule has 1 saturated heterocycles. The number of aryl methyl sites for hydroxylation is 2. The first-order valence-electron chi connectivity index (χ1n) is 6.75. The fourth-order valence-electron chi connectivity index (χ4n) is 2.51. The van der Waals surface area contributed by atoms with Crippen LogP contribution in [0.4, 0.5) is 0 Å². The van der Waals surface area contributed by atoms with E-state index in [9.17, 15) is 0 Å². The topological polar surface area (TPSA) is 41.9 Å². The Morgan fingerprint density at radius 1 is 1.47 bits per heavy atom. The maximum absolute atomic E-state index is 4.48. The van der Waals surface area contributed by atoms with Crippen LogP contribution in [0.1, 0.15) is 37.4 Å². The quantitative estimate of drug-likeness (QED) is 0.826. The highest BCUT2D eigenvalue weighted by atomic mass is 15.3. The molecule has 4 heteroatoms. The summed E-state index contributed by atoms with van der Waals surface area (Å²) in [4.78, 5) is 0.